The maximum absolute atomic E-state index is 11.9. The van der Waals surface area contributed by atoms with Gasteiger partial charge in [0.05, 0.1) is 0 Å². The van der Waals surface area contributed by atoms with Gasteiger partial charge in [0.25, 0.3) is 0 Å². The molecule has 4 nitrogen and oxygen atoms in total. The average molecular weight is 353 g/mol. The zero-order chi connectivity index (χ0) is 14.7. The number of hydrogen-bond donors (Lipinski definition) is 1. The first kappa shape index (κ1) is 15.0. The van der Waals surface area contributed by atoms with Crippen molar-refractivity contribution in [3.05, 3.63) is 51.8 Å². The van der Waals surface area contributed by atoms with Crippen molar-refractivity contribution < 1.29 is 9.53 Å². The van der Waals surface area contributed by atoms with Crippen molar-refractivity contribution in [2.24, 2.45) is 0 Å². The predicted molar refractivity (Wildman–Crippen MR) is 79.7 cm³/mol. The van der Waals surface area contributed by atoms with Crippen molar-refractivity contribution in [1.82, 2.24) is 10.2 Å². The van der Waals surface area contributed by atoms with Crippen molar-refractivity contribution in [2.45, 2.75) is 5.88 Å². The Morgan fingerprint density at radius 3 is 2.90 bits per heavy atom. The fourth-order valence-corrected chi connectivity index (χ4v) is 2.81. The second-order valence-electron chi connectivity index (χ2n) is 4.26. The van der Waals surface area contributed by atoms with Crippen LogP contribution in [-0.2, 0) is 15.4 Å². The fraction of sp³-hybridized carbons (Fsp3) is 0.214. The molecule has 0 amide bonds. The molecule has 0 spiro atoms. The second-order valence-corrected chi connectivity index (χ2v) is 5.46. The van der Waals surface area contributed by atoms with E-state index < -0.39 is 0 Å². The zero-order valence-corrected chi connectivity index (χ0v) is 13.8. The Morgan fingerprint density at radius 2 is 2.25 bits per heavy atom. The average Bonchev–Trinajstić information content (AvgIpc) is 2.47. The molecule has 0 saturated carbocycles. The number of hydrogen-bond acceptors (Lipinski definition) is 4. The molecule has 1 heterocycles. The van der Waals surface area contributed by atoms with Gasteiger partial charge < -0.3 is 0 Å². The van der Waals surface area contributed by atoms with Crippen LogP contribution in [0.3, 0.4) is 0 Å². The molecule has 0 aliphatic carbocycles. The van der Waals surface area contributed by atoms with Crippen LogP contribution in [-0.4, -0.2) is 41.9 Å². The number of halogens is 1. The van der Waals surface area contributed by atoms with Gasteiger partial charge in [-0.15, -0.1) is 0 Å². The van der Waals surface area contributed by atoms with Crippen LogP contribution in [0.1, 0.15) is 11.1 Å². The molecule has 1 N–H and O–H groups in total. The Hall–Kier alpha value is -1.38. The molecule has 2 rings (SSSR count). The molecule has 0 aromatic heterocycles. The van der Waals surface area contributed by atoms with Crippen LogP contribution < -0.4 is 5.32 Å². The van der Waals surface area contributed by atoms with E-state index in [1.807, 2.05) is 42.4 Å². The number of ether oxygens (including phenoxy) is 1. The van der Waals surface area contributed by atoms with E-state index in [2.05, 4.69) is 22.2 Å². The zero-order valence-electron chi connectivity index (χ0n) is 11.2. The summed E-state index contributed by atoms with van der Waals surface area (Å²) in [6, 6.07) is 7.89. The molecule has 0 atom stereocenters. The molecule has 2 radical (unpaired) electrons. The topological polar surface area (TPSA) is 41.6 Å². The van der Waals surface area contributed by atoms with Gasteiger partial charge in [-0.05, 0) is 0 Å². The van der Waals surface area contributed by atoms with E-state index >= 15 is 0 Å². The van der Waals surface area contributed by atoms with Gasteiger partial charge in [-0.3, -0.25) is 0 Å². The number of carbonyl (C=O) groups excluding carboxylic acids is 1. The van der Waals surface area contributed by atoms with Gasteiger partial charge >= 0.3 is 132 Å². The number of likely N-dealkylation sites (N-methyl/N-ethyl adjacent to an activating group) is 1. The third-order valence-electron chi connectivity index (χ3n) is 3.02. The van der Waals surface area contributed by atoms with Crippen molar-refractivity contribution >= 4 is 40.1 Å². The van der Waals surface area contributed by atoms with Crippen molar-refractivity contribution in [3.8, 4) is 0 Å². The normalized spacial score (nSPS) is 14.8. The van der Waals surface area contributed by atoms with E-state index in [0.717, 1.165) is 16.8 Å². The summed E-state index contributed by atoms with van der Waals surface area (Å²) in [6.07, 6.45) is 1.85. The van der Waals surface area contributed by atoms with E-state index in [-0.39, 0.29) is 5.97 Å². The van der Waals surface area contributed by atoms with Crippen molar-refractivity contribution in [2.75, 3.05) is 14.2 Å². The third-order valence-corrected chi connectivity index (χ3v) is 4.05. The van der Waals surface area contributed by atoms with E-state index in [4.69, 9.17) is 16.3 Å². The summed E-state index contributed by atoms with van der Waals surface area (Å²) in [5.74, 6) is 0.0724. The van der Waals surface area contributed by atoms with Crippen LogP contribution in [0.25, 0.3) is 5.70 Å². The molecular formula is C14H14AsClN2O2. The molecule has 0 bridgehead atoms. The van der Waals surface area contributed by atoms with Crippen LogP contribution >= 0.6 is 11.6 Å². The van der Waals surface area contributed by atoms with Crippen LogP contribution in [0.15, 0.2) is 40.6 Å². The number of nitrogens with one attached hydrogen (secondary N) is 1. The number of alkyl halides is 1. The number of esters is 1. The van der Waals surface area contributed by atoms with E-state index in [0.29, 0.717) is 16.1 Å². The third kappa shape index (κ3) is 2.86. The van der Waals surface area contributed by atoms with Gasteiger partial charge in [-0.2, -0.15) is 0 Å². The first-order valence-electron chi connectivity index (χ1n) is 5.95. The fourth-order valence-electron chi connectivity index (χ4n) is 2.00. The molecule has 1 aromatic carbocycles. The van der Waals surface area contributed by atoms with Crippen LogP contribution in [0.5, 0.6) is 0 Å². The second kappa shape index (κ2) is 6.38. The van der Waals surface area contributed by atoms with Gasteiger partial charge in [-0.25, -0.2) is 0 Å². The Kier molecular flexibility index (Phi) is 4.79. The van der Waals surface area contributed by atoms with Crippen molar-refractivity contribution in [1.29, 1.82) is 0 Å². The molecule has 1 aliphatic heterocycles. The van der Waals surface area contributed by atoms with Gasteiger partial charge in [0.1, 0.15) is 0 Å². The quantitative estimate of drug-likeness (QED) is 0.511. The molecule has 0 fully saturated rings. The molecule has 1 aromatic rings. The molecular weight excluding hydrogens is 339 g/mol. The van der Waals surface area contributed by atoms with E-state index in [1.165, 1.54) is 7.11 Å². The molecule has 6 heteroatoms. The summed E-state index contributed by atoms with van der Waals surface area (Å²) in [7, 11) is 3.20. The van der Waals surface area contributed by atoms with Gasteiger partial charge in [-0.1, -0.05) is 0 Å². The summed E-state index contributed by atoms with van der Waals surface area (Å²) in [4.78, 5) is 13.7. The first-order chi connectivity index (χ1) is 9.58. The molecule has 0 unspecified atom stereocenters. The number of nitrogens with zero attached hydrogens (tertiary/aromatic N) is 1. The Morgan fingerprint density at radius 1 is 1.50 bits per heavy atom. The van der Waals surface area contributed by atoms with Gasteiger partial charge in [0, 0.05) is 0 Å². The molecule has 1 aliphatic rings. The Balaban J connectivity index is 2.37. The van der Waals surface area contributed by atoms with Crippen LogP contribution in [0.4, 0.5) is 0 Å². The minimum absolute atomic E-state index is 0.380. The summed E-state index contributed by atoms with van der Waals surface area (Å²) >= 11 is 8.20. The first-order valence-corrected chi connectivity index (χ1v) is 7.43. The summed E-state index contributed by atoms with van der Waals surface area (Å²) < 4.78 is 5.52. The summed E-state index contributed by atoms with van der Waals surface area (Å²) in [5, 5.41) is 3.08. The molecule has 104 valence electrons. The minimum atomic E-state index is -0.380. The van der Waals surface area contributed by atoms with E-state index in [9.17, 15) is 4.79 Å². The van der Waals surface area contributed by atoms with Gasteiger partial charge in [0.2, 0.25) is 0 Å². The van der Waals surface area contributed by atoms with Crippen molar-refractivity contribution in [3.63, 3.8) is 0 Å². The Labute approximate surface area is 131 Å². The Bertz CT molecular complexity index is 599. The van der Waals surface area contributed by atoms with Gasteiger partial charge in [0.15, 0.2) is 0 Å². The number of methoxy groups -OCH3 is 1. The van der Waals surface area contributed by atoms with Crippen LogP contribution in [0.2, 0.25) is 0 Å². The number of carbonyl (C=O) groups is 1. The number of benzene rings is 1. The van der Waals surface area contributed by atoms with Crippen LogP contribution in [0, 0.1) is 0 Å². The van der Waals surface area contributed by atoms with E-state index in [1.54, 1.807) is 0 Å². The standard InChI is InChI=1S/C14H14AsClN2O2/c1-18-11(10-5-3-4-9(6-10)7-16)8-17-13(15)12(18)14(19)20-2/h3-6,8,17H,7H2,1-2H3. The summed E-state index contributed by atoms with van der Waals surface area (Å²) in [5.41, 5.74) is 3.37. The maximum atomic E-state index is 11.9. The summed E-state index contributed by atoms with van der Waals surface area (Å²) in [6.45, 7) is 0. The molecule has 0 saturated heterocycles. The SMILES string of the molecule is COC(=O)C1=C([As])NC=C(c2cccc(CCl)c2)N1C. The monoisotopic (exact) mass is 352 g/mol. The predicted octanol–water partition coefficient (Wildman–Crippen LogP) is 1.77. The molecule has 20 heavy (non-hydrogen) atoms. The number of rotatable bonds is 3.